The van der Waals surface area contributed by atoms with E-state index in [0.717, 1.165) is 31.2 Å². The van der Waals surface area contributed by atoms with E-state index >= 15 is 0 Å². The Labute approximate surface area is 96.8 Å². The van der Waals surface area contributed by atoms with E-state index in [1.54, 1.807) is 7.11 Å². The van der Waals surface area contributed by atoms with Gasteiger partial charge in [0.2, 0.25) is 5.88 Å². The Morgan fingerprint density at radius 2 is 2.12 bits per heavy atom. The Hall–Kier alpha value is -1.36. The molecule has 0 aliphatic rings. The van der Waals surface area contributed by atoms with Gasteiger partial charge in [0, 0.05) is 25.6 Å². The zero-order valence-corrected chi connectivity index (χ0v) is 10.4. The molecule has 5 nitrogen and oxygen atoms in total. The second-order valence-electron chi connectivity index (χ2n) is 3.80. The summed E-state index contributed by atoms with van der Waals surface area (Å²) in [6.07, 6.45) is 0.805. The molecule has 1 N–H and O–H groups in total. The molecule has 0 bridgehead atoms. The quantitative estimate of drug-likeness (QED) is 0.782. The molecule has 0 fully saturated rings. The summed E-state index contributed by atoms with van der Waals surface area (Å²) in [6.45, 7) is 3.85. The van der Waals surface area contributed by atoms with Crippen LogP contribution in [-0.2, 0) is 6.42 Å². The topological polar surface area (TPSA) is 50.3 Å². The zero-order chi connectivity index (χ0) is 12.0. The molecule has 0 saturated carbocycles. The molecular formula is C11H20N4O. The zero-order valence-electron chi connectivity index (χ0n) is 10.4. The van der Waals surface area contributed by atoms with Gasteiger partial charge in [0.05, 0.1) is 7.11 Å². The first-order valence-corrected chi connectivity index (χ1v) is 5.46. The van der Waals surface area contributed by atoms with Crippen LogP contribution in [0.4, 0.5) is 5.82 Å². The van der Waals surface area contributed by atoms with Gasteiger partial charge in [-0.05, 0) is 14.1 Å². The van der Waals surface area contributed by atoms with E-state index in [1.165, 1.54) is 0 Å². The lowest BCUT2D eigenvalue weighted by Crippen LogP contribution is -2.21. The van der Waals surface area contributed by atoms with Crippen LogP contribution in [-0.4, -0.2) is 49.2 Å². The number of hydrogen-bond acceptors (Lipinski definition) is 5. The standard InChI is InChI=1S/C11H20N4O/c1-5-9-13-10(8-11(14-9)16-4)12-6-7-15(2)3/h8H,5-7H2,1-4H3,(H,12,13,14). The Balaban J connectivity index is 2.64. The number of methoxy groups -OCH3 is 1. The van der Waals surface area contributed by atoms with E-state index in [2.05, 4.69) is 20.2 Å². The van der Waals surface area contributed by atoms with Crippen molar-refractivity contribution in [2.45, 2.75) is 13.3 Å². The fourth-order valence-electron chi connectivity index (χ4n) is 1.23. The van der Waals surface area contributed by atoms with Crippen LogP contribution in [0.2, 0.25) is 0 Å². The highest BCUT2D eigenvalue weighted by molar-refractivity contribution is 5.38. The molecule has 0 amide bonds. The Morgan fingerprint density at radius 3 is 2.69 bits per heavy atom. The molecule has 0 aliphatic carbocycles. The maximum absolute atomic E-state index is 5.12. The Kier molecular flexibility index (Phi) is 4.98. The molecule has 0 saturated heterocycles. The average Bonchev–Trinajstić information content (AvgIpc) is 2.28. The van der Waals surface area contributed by atoms with E-state index in [9.17, 15) is 0 Å². The van der Waals surface area contributed by atoms with E-state index in [0.29, 0.717) is 5.88 Å². The summed E-state index contributed by atoms with van der Waals surface area (Å²) >= 11 is 0. The van der Waals surface area contributed by atoms with Crippen LogP contribution < -0.4 is 10.1 Å². The highest BCUT2D eigenvalue weighted by atomic mass is 16.5. The molecule has 0 radical (unpaired) electrons. The predicted octanol–water partition coefficient (Wildman–Crippen LogP) is 1.02. The molecule has 1 aromatic heterocycles. The number of aromatic nitrogens is 2. The van der Waals surface area contributed by atoms with Crippen molar-refractivity contribution >= 4 is 5.82 Å². The lowest BCUT2D eigenvalue weighted by molar-refractivity contribution is 0.395. The third-order valence-electron chi connectivity index (χ3n) is 2.14. The van der Waals surface area contributed by atoms with Crippen LogP contribution in [0.25, 0.3) is 0 Å². The van der Waals surface area contributed by atoms with Gasteiger partial charge >= 0.3 is 0 Å². The van der Waals surface area contributed by atoms with Crippen LogP contribution in [0.15, 0.2) is 6.07 Å². The van der Waals surface area contributed by atoms with Crippen LogP contribution in [0, 0.1) is 0 Å². The lowest BCUT2D eigenvalue weighted by atomic mass is 10.4. The second-order valence-corrected chi connectivity index (χ2v) is 3.80. The first kappa shape index (κ1) is 12.7. The minimum absolute atomic E-state index is 0.610. The van der Waals surface area contributed by atoms with Crippen molar-refractivity contribution in [3.05, 3.63) is 11.9 Å². The summed E-state index contributed by atoms with van der Waals surface area (Å²) in [7, 11) is 5.70. The number of nitrogens with one attached hydrogen (secondary N) is 1. The monoisotopic (exact) mass is 224 g/mol. The summed E-state index contributed by atoms with van der Waals surface area (Å²) in [5.74, 6) is 2.23. The number of aryl methyl sites for hydroxylation is 1. The molecule has 0 unspecified atom stereocenters. The third-order valence-corrected chi connectivity index (χ3v) is 2.14. The van der Waals surface area contributed by atoms with Crippen molar-refractivity contribution in [1.29, 1.82) is 0 Å². The molecule has 0 aliphatic heterocycles. The Bertz CT molecular complexity index is 306. The first-order valence-electron chi connectivity index (χ1n) is 5.46. The normalized spacial score (nSPS) is 10.6. The van der Waals surface area contributed by atoms with Crippen LogP contribution in [0.3, 0.4) is 0 Å². The maximum Gasteiger partial charge on any atom is 0.218 e. The fraction of sp³-hybridized carbons (Fsp3) is 0.636. The van der Waals surface area contributed by atoms with Gasteiger partial charge in [0.15, 0.2) is 0 Å². The average molecular weight is 224 g/mol. The molecule has 16 heavy (non-hydrogen) atoms. The van der Waals surface area contributed by atoms with Gasteiger partial charge in [0.25, 0.3) is 0 Å². The molecule has 1 heterocycles. The summed E-state index contributed by atoms with van der Waals surface area (Å²) in [6, 6.07) is 1.81. The molecule has 0 atom stereocenters. The number of rotatable bonds is 6. The molecule has 1 aromatic rings. The van der Waals surface area contributed by atoms with Gasteiger partial charge in [0.1, 0.15) is 11.6 Å². The highest BCUT2D eigenvalue weighted by Gasteiger charge is 2.03. The number of ether oxygens (including phenoxy) is 1. The number of hydrogen-bond donors (Lipinski definition) is 1. The highest BCUT2D eigenvalue weighted by Crippen LogP contribution is 2.12. The fourth-order valence-corrected chi connectivity index (χ4v) is 1.23. The molecule has 1 rings (SSSR count). The Morgan fingerprint density at radius 1 is 1.38 bits per heavy atom. The van der Waals surface area contributed by atoms with E-state index < -0.39 is 0 Å². The van der Waals surface area contributed by atoms with Gasteiger partial charge in [-0.2, -0.15) is 4.98 Å². The number of likely N-dealkylation sites (N-methyl/N-ethyl adjacent to an activating group) is 1. The largest absolute Gasteiger partial charge is 0.481 e. The third kappa shape index (κ3) is 4.02. The van der Waals surface area contributed by atoms with Crippen molar-refractivity contribution < 1.29 is 4.74 Å². The van der Waals surface area contributed by atoms with Crippen molar-refractivity contribution in [2.24, 2.45) is 0 Å². The lowest BCUT2D eigenvalue weighted by Gasteiger charge is -2.11. The molecule has 0 aromatic carbocycles. The van der Waals surface area contributed by atoms with Gasteiger partial charge in [-0.15, -0.1) is 0 Å². The number of nitrogens with zero attached hydrogens (tertiary/aromatic N) is 3. The second kappa shape index (κ2) is 6.27. The van der Waals surface area contributed by atoms with Crippen molar-refractivity contribution in [3.8, 4) is 5.88 Å². The molecule has 0 spiro atoms. The minimum atomic E-state index is 0.610. The number of anilines is 1. The minimum Gasteiger partial charge on any atom is -0.481 e. The smallest absolute Gasteiger partial charge is 0.218 e. The van der Waals surface area contributed by atoms with Gasteiger partial charge in [-0.3, -0.25) is 0 Å². The van der Waals surface area contributed by atoms with E-state index in [4.69, 9.17) is 4.74 Å². The van der Waals surface area contributed by atoms with Crippen molar-refractivity contribution in [3.63, 3.8) is 0 Å². The molecular weight excluding hydrogens is 204 g/mol. The SMILES string of the molecule is CCc1nc(NCCN(C)C)cc(OC)n1. The van der Waals surface area contributed by atoms with E-state index in [-0.39, 0.29) is 0 Å². The molecule has 90 valence electrons. The van der Waals surface area contributed by atoms with E-state index in [1.807, 2.05) is 27.1 Å². The van der Waals surface area contributed by atoms with Gasteiger partial charge < -0.3 is 15.0 Å². The van der Waals surface area contributed by atoms with Crippen LogP contribution >= 0.6 is 0 Å². The predicted molar refractivity (Wildman–Crippen MR) is 65.0 cm³/mol. The first-order chi connectivity index (χ1) is 7.65. The van der Waals surface area contributed by atoms with Crippen molar-refractivity contribution in [2.75, 3.05) is 39.6 Å². The summed E-state index contributed by atoms with van der Waals surface area (Å²) in [5.41, 5.74) is 0. The van der Waals surface area contributed by atoms with Crippen LogP contribution in [0.1, 0.15) is 12.7 Å². The molecule has 5 heteroatoms. The van der Waals surface area contributed by atoms with Gasteiger partial charge in [-0.25, -0.2) is 4.98 Å². The van der Waals surface area contributed by atoms with Crippen molar-refractivity contribution in [1.82, 2.24) is 14.9 Å². The summed E-state index contributed by atoms with van der Waals surface area (Å²) in [5, 5.41) is 3.25. The summed E-state index contributed by atoms with van der Waals surface area (Å²) < 4.78 is 5.12. The van der Waals surface area contributed by atoms with Gasteiger partial charge in [-0.1, -0.05) is 6.92 Å². The summed E-state index contributed by atoms with van der Waals surface area (Å²) in [4.78, 5) is 10.7. The maximum atomic E-state index is 5.12. The van der Waals surface area contributed by atoms with Crippen LogP contribution in [0.5, 0.6) is 5.88 Å².